The van der Waals surface area contributed by atoms with E-state index in [1.807, 2.05) is 25.1 Å². The number of likely N-dealkylation sites (N-methyl/N-ethyl adjacent to an activating group) is 1. The molecule has 1 rings (SSSR count). The van der Waals surface area contributed by atoms with E-state index in [1.165, 1.54) is 0 Å². The number of aryl methyl sites for hydroxylation is 2. The monoisotopic (exact) mass is 248 g/mol. The Morgan fingerprint density at radius 3 is 2.11 bits per heavy atom. The van der Waals surface area contributed by atoms with Gasteiger partial charge in [-0.3, -0.25) is 4.79 Å². The van der Waals surface area contributed by atoms with E-state index < -0.39 is 0 Å². The third-order valence-electron chi connectivity index (χ3n) is 3.42. The van der Waals surface area contributed by atoms with Crippen molar-refractivity contribution in [2.75, 3.05) is 25.5 Å². The third kappa shape index (κ3) is 3.33. The predicted molar refractivity (Wildman–Crippen MR) is 77.1 cm³/mol. The summed E-state index contributed by atoms with van der Waals surface area (Å²) >= 11 is 0. The van der Waals surface area contributed by atoms with Crippen LogP contribution in [-0.4, -0.2) is 37.5 Å². The van der Waals surface area contributed by atoms with Crippen LogP contribution in [0.5, 0.6) is 0 Å². The number of nitrogens with zero attached hydrogens (tertiary/aromatic N) is 2. The molecule has 100 valence electrons. The van der Waals surface area contributed by atoms with Crippen LogP contribution in [0.25, 0.3) is 0 Å². The Hall–Kier alpha value is -1.35. The van der Waals surface area contributed by atoms with E-state index >= 15 is 0 Å². The summed E-state index contributed by atoms with van der Waals surface area (Å²) in [5, 5.41) is 0. The highest BCUT2D eigenvalue weighted by Crippen LogP contribution is 2.25. The van der Waals surface area contributed by atoms with E-state index in [0.717, 1.165) is 16.8 Å². The average Bonchev–Trinajstić information content (AvgIpc) is 2.26. The molecule has 0 radical (unpaired) electrons. The molecule has 0 aliphatic heterocycles. The van der Waals surface area contributed by atoms with Crippen molar-refractivity contribution in [3.63, 3.8) is 0 Å². The molecule has 1 aromatic carbocycles. The summed E-state index contributed by atoms with van der Waals surface area (Å²) in [6.45, 7) is 8.59. The first kappa shape index (κ1) is 14.7. The molecule has 0 saturated carbocycles. The first-order valence-electron chi connectivity index (χ1n) is 6.35. The molecule has 0 saturated heterocycles. The van der Waals surface area contributed by atoms with Gasteiger partial charge in [-0.25, -0.2) is 0 Å². The third-order valence-corrected chi connectivity index (χ3v) is 3.42. The summed E-state index contributed by atoms with van der Waals surface area (Å²) in [5.41, 5.74) is 3.35. The van der Waals surface area contributed by atoms with E-state index in [-0.39, 0.29) is 5.91 Å². The Kier molecular flexibility index (Phi) is 4.91. The molecule has 1 amide bonds. The number of para-hydroxylation sites is 1. The van der Waals surface area contributed by atoms with Crippen molar-refractivity contribution in [2.45, 2.75) is 33.7 Å². The molecule has 3 heteroatoms. The quantitative estimate of drug-likeness (QED) is 0.817. The van der Waals surface area contributed by atoms with Crippen molar-refractivity contribution in [2.24, 2.45) is 0 Å². The molecule has 0 N–H and O–H groups in total. The first-order chi connectivity index (χ1) is 8.34. The van der Waals surface area contributed by atoms with Gasteiger partial charge in [0.25, 0.3) is 0 Å². The van der Waals surface area contributed by atoms with Gasteiger partial charge in [0.2, 0.25) is 5.91 Å². The van der Waals surface area contributed by atoms with Crippen LogP contribution >= 0.6 is 0 Å². The number of anilines is 1. The predicted octanol–water partition coefficient (Wildman–Crippen LogP) is 2.61. The van der Waals surface area contributed by atoms with Crippen LogP contribution in [0.2, 0.25) is 0 Å². The highest BCUT2D eigenvalue weighted by atomic mass is 16.2. The Balaban J connectivity index is 3.09. The molecule has 18 heavy (non-hydrogen) atoms. The van der Waals surface area contributed by atoms with E-state index in [2.05, 4.69) is 37.8 Å². The zero-order valence-corrected chi connectivity index (χ0v) is 12.3. The smallest absolute Gasteiger partial charge is 0.223 e. The SMILES string of the molecule is CC(=O)N(CC(C)N(C)C)c1c(C)cccc1C. The summed E-state index contributed by atoms with van der Waals surface area (Å²) in [5.74, 6) is 0.0982. The molecule has 0 aliphatic rings. The van der Waals surface area contributed by atoms with E-state index in [9.17, 15) is 4.79 Å². The van der Waals surface area contributed by atoms with Gasteiger partial charge < -0.3 is 9.80 Å². The Labute approximate surface area is 110 Å². The van der Waals surface area contributed by atoms with Gasteiger partial charge >= 0.3 is 0 Å². The van der Waals surface area contributed by atoms with Crippen molar-refractivity contribution in [1.29, 1.82) is 0 Å². The normalized spacial score (nSPS) is 12.6. The molecule has 0 aliphatic carbocycles. The van der Waals surface area contributed by atoms with E-state index in [4.69, 9.17) is 0 Å². The maximum absolute atomic E-state index is 11.9. The van der Waals surface area contributed by atoms with Crippen molar-refractivity contribution in [1.82, 2.24) is 4.90 Å². The fourth-order valence-electron chi connectivity index (χ4n) is 2.04. The number of carbonyl (C=O) groups excluding carboxylic acids is 1. The number of carbonyl (C=O) groups is 1. The lowest BCUT2D eigenvalue weighted by atomic mass is 10.1. The molecule has 1 aromatic rings. The van der Waals surface area contributed by atoms with Gasteiger partial charge in [-0.1, -0.05) is 18.2 Å². The van der Waals surface area contributed by atoms with Crippen LogP contribution in [-0.2, 0) is 4.79 Å². The second-order valence-corrected chi connectivity index (χ2v) is 5.18. The number of amides is 1. The van der Waals surface area contributed by atoms with Gasteiger partial charge in [0.1, 0.15) is 0 Å². The lowest BCUT2D eigenvalue weighted by Crippen LogP contribution is -2.41. The molecule has 1 unspecified atom stereocenters. The molecule has 0 heterocycles. The molecular weight excluding hydrogens is 224 g/mol. The van der Waals surface area contributed by atoms with Gasteiger partial charge in [-0.05, 0) is 46.0 Å². The maximum atomic E-state index is 11.9. The van der Waals surface area contributed by atoms with Crippen molar-refractivity contribution >= 4 is 11.6 Å². The number of rotatable bonds is 4. The molecule has 0 fully saturated rings. The van der Waals surface area contributed by atoms with Gasteiger partial charge in [-0.2, -0.15) is 0 Å². The van der Waals surface area contributed by atoms with Crippen LogP contribution in [0.4, 0.5) is 5.69 Å². The molecule has 3 nitrogen and oxygen atoms in total. The first-order valence-corrected chi connectivity index (χ1v) is 6.35. The summed E-state index contributed by atoms with van der Waals surface area (Å²) in [4.78, 5) is 15.9. The van der Waals surface area contributed by atoms with Gasteiger partial charge in [0, 0.05) is 25.2 Å². The zero-order chi connectivity index (χ0) is 13.9. The average molecular weight is 248 g/mol. The molecular formula is C15H24N2O. The van der Waals surface area contributed by atoms with Crippen molar-refractivity contribution in [3.8, 4) is 0 Å². The Bertz CT molecular complexity index is 406. The lowest BCUT2D eigenvalue weighted by molar-refractivity contribution is -0.116. The van der Waals surface area contributed by atoms with E-state index in [1.54, 1.807) is 6.92 Å². The standard InChI is InChI=1S/C15H24N2O/c1-11-8-7-9-12(2)15(11)17(14(4)18)10-13(3)16(5)6/h7-9,13H,10H2,1-6H3. The maximum Gasteiger partial charge on any atom is 0.223 e. The number of hydrogen-bond donors (Lipinski definition) is 0. The summed E-state index contributed by atoms with van der Waals surface area (Å²) in [7, 11) is 4.07. The minimum atomic E-state index is 0.0982. The van der Waals surface area contributed by atoms with Crippen molar-refractivity contribution in [3.05, 3.63) is 29.3 Å². The highest BCUT2D eigenvalue weighted by Gasteiger charge is 2.19. The molecule has 1 atom stereocenters. The van der Waals surface area contributed by atoms with Crippen LogP contribution in [0.3, 0.4) is 0 Å². The largest absolute Gasteiger partial charge is 0.311 e. The summed E-state index contributed by atoms with van der Waals surface area (Å²) < 4.78 is 0. The molecule has 0 spiro atoms. The fraction of sp³-hybridized carbons (Fsp3) is 0.533. The lowest BCUT2D eigenvalue weighted by Gasteiger charge is -2.30. The minimum Gasteiger partial charge on any atom is -0.311 e. The van der Waals surface area contributed by atoms with Gasteiger partial charge in [-0.15, -0.1) is 0 Å². The van der Waals surface area contributed by atoms with Crippen LogP contribution in [0.1, 0.15) is 25.0 Å². The Morgan fingerprint density at radius 1 is 1.22 bits per heavy atom. The molecule has 0 aromatic heterocycles. The summed E-state index contributed by atoms with van der Waals surface area (Å²) in [6.07, 6.45) is 0. The van der Waals surface area contributed by atoms with E-state index in [0.29, 0.717) is 12.6 Å². The topological polar surface area (TPSA) is 23.6 Å². The van der Waals surface area contributed by atoms with Gasteiger partial charge in [0.15, 0.2) is 0 Å². The second-order valence-electron chi connectivity index (χ2n) is 5.18. The van der Waals surface area contributed by atoms with Crippen molar-refractivity contribution < 1.29 is 4.79 Å². The minimum absolute atomic E-state index is 0.0982. The van der Waals surface area contributed by atoms with Crippen LogP contribution in [0.15, 0.2) is 18.2 Å². The molecule has 0 bridgehead atoms. The van der Waals surface area contributed by atoms with Crippen LogP contribution < -0.4 is 4.90 Å². The second kappa shape index (κ2) is 6.01. The summed E-state index contributed by atoms with van der Waals surface area (Å²) in [6, 6.07) is 6.46. The fourth-order valence-corrected chi connectivity index (χ4v) is 2.04. The highest BCUT2D eigenvalue weighted by molar-refractivity contribution is 5.93. The van der Waals surface area contributed by atoms with Gasteiger partial charge in [0.05, 0.1) is 0 Å². The zero-order valence-electron chi connectivity index (χ0n) is 12.3. The number of benzene rings is 1. The number of hydrogen-bond acceptors (Lipinski definition) is 2. The Morgan fingerprint density at radius 2 is 1.72 bits per heavy atom. The van der Waals surface area contributed by atoms with Crippen LogP contribution in [0, 0.1) is 13.8 Å².